The summed E-state index contributed by atoms with van der Waals surface area (Å²) >= 11 is 0. The first-order valence-corrected chi connectivity index (χ1v) is 5.65. The van der Waals surface area contributed by atoms with Crippen molar-refractivity contribution in [1.82, 2.24) is 5.32 Å². The molecule has 0 saturated heterocycles. The van der Waals surface area contributed by atoms with Crippen LogP contribution in [0.3, 0.4) is 0 Å². The molecule has 2 nitrogen and oxygen atoms in total. The Morgan fingerprint density at radius 1 is 1.08 bits per heavy atom. The summed E-state index contributed by atoms with van der Waals surface area (Å²) in [6, 6.07) is 0.614. The molecule has 1 unspecified atom stereocenters. The predicted octanol–water partition coefficient (Wildman–Crippen LogP) is 1.00. The van der Waals surface area contributed by atoms with Gasteiger partial charge in [0.25, 0.3) is 0 Å². The van der Waals surface area contributed by atoms with Crippen molar-refractivity contribution in [2.24, 2.45) is 23.7 Å². The predicted molar refractivity (Wildman–Crippen MR) is 51.3 cm³/mol. The van der Waals surface area contributed by atoms with Gasteiger partial charge in [-0.1, -0.05) is 0 Å². The molecule has 0 aliphatic heterocycles. The highest BCUT2D eigenvalue weighted by molar-refractivity contribution is 5.05. The van der Waals surface area contributed by atoms with Crippen LogP contribution in [0, 0.1) is 23.7 Å². The third-order valence-electron chi connectivity index (χ3n) is 4.71. The lowest BCUT2D eigenvalue weighted by molar-refractivity contribution is -0.111. The van der Waals surface area contributed by atoms with Crippen molar-refractivity contribution in [2.75, 3.05) is 7.05 Å². The average Bonchev–Trinajstić information content (AvgIpc) is 2.13. The highest BCUT2D eigenvalue weighted by atomic mass is 16.3. The van der Waals surface area contributed by atoms with E-state index in [1.807, 2.05) is 0 Å². The summed E-state index contributed by atoms with van der Waals surface area (Å²) in [6.45, 7) is 0. The maximum absolute atomic E-state index is 10.1. The fourth-order valence-electron chi connectivity index (χ4n) is 4.33. The standard InChI is InChI=1S/C11H19NO/c1-12-10-7-2-6-3-8(5-7)11(13)9(10)4-6/h6-13H,2-5H2,1H3/t6-,7+,8-,9?,10+,11-/m0/s1. The topological polar surface area (TPSA) is 32.3 Å². The summed E-state index contributed by atoms with van der Waals surface area (Å²) in [5.41, 5.74) is 0. The Labute approximate surface area is 79.7 Å². The van der Waals surface area contributed by atoms with E-state index in [1.165, 1.54) is 25.7 Å². The molecule has 0 aromatic heterocycles. The molecule has 4 aliphatic rings. The quantitative estimate of drug-likeness (QED) is 0.632. The van der Waals surface area contributed by atoms with Gasteiger partial charge in [-0.25, -0.2) is 0 Å². The molecule has 2 N–H and O–H groups in total. The largest absolute Gasteiger partial charge is 0.392 e. The summed E-state index contributed by atoms with van der Waals surface area (Å²) in [5, 5.41) is 13.5. The van der Waals surface area contributed by atoms with Gasteiger partial charge in [0.2, 0.25) is 0 Å². The molecule has 0 spiro atoms. The van der Waals surface area contributed by atoms with Crippen LogP contribution in [0.25, 0.3) is 0 Å². The summed E-state index contributed by atoms with van der Waals surface area (Å²) in [6.07, 6.45) is 5.29. The molecule has 4 rings (SSSR count). The lowest BCUT2D eigenvalue weighted by Gasteiger charge is -2.56. The molecule has 4 aliphatic carbocycles. The Morgan fingerprint density at radius 2 is 1.85 bits per heavy atom. The molecule has 4 saturated carbocycles. The zero-order valence-electron chi connectivity index (χ0n) is 8.24. The lowest BCUT2D eigenvalue weighted by Crippen LogP contribution is -2.59. The van der Waals surface area contributed by atoms with Crippen LogP contribution >= 0.6 is 0 Å². The Balaban J connectivity index is 1.89. The van der Waals surface area contributed by atoms with Gasteiger partial charge in [-0.2, -0.15) is 0 Å². The van der Waals surface area contributed by atoms with Crippen molar-refractivity contribution < 1.29 is 5.11 Å². The van der Waals surface area contributed by atoms with Crippen molar-refractivity contribution in [3.05, 3.63) is 0 Å². The van der Waals surface area contributed by atoms with Crippen LogP contribution < -0.4 is 5.32 Å². The summed E-state index contributed by atoms with van der Waals surface area (Å²) in [5.74, 6) is 3.03. The minimum Gasteiger partial charge on any atom is -0.392 e. The van der Waals surface area contributed by atoms with Crippen LogP contribution in [-0.2, 0) is 0 Å². The molecule has 0 aromatic carbocycles. The van der Waals surface area contributed by atoms with E-state index < -0.39 is 0 Å². The number of rotatable bonds is 1. The molecule has 6 atom stereocenters. The Bertz CT molecular complexity index is 218. The first-order valence-electron chi connectivity index (χ1n) is 5.65. The van der Waals surface area contributed by atoms with Gasteiger partial charge in [0.1, 0.15) is 0 Å². The highest BCUT2D eigenvalue weighted by Gasteiger charge is 2.52. The van der Waals surface area contributed by atoms with Gasteiger partial charge in [0.15, 0.2) is 0 Å². The minimum atomic E-state index is 0.00486. The Morgan fingerprint density at radius 3 is 2.62 bits per heavy atom. The van der Waals surface area contributed by atoms with E-state index in [-0.39, 0.29) is 6.10 Å². The number of hydrogen-bond donors (Lipinski definition) is 2. The third-order valence-corrected chi connectivity index (χ3v) is 4.71. The number of aliphatic hydroxyl groups excluding tert-OH is 1. The van der Waals surface area contributed by atoms with Gasteiger partial charge in [0.05, 0.1) is 6.10 Å². The molecule has 4 bridgehead atoms. The van der Waals surface area contributed by atoms with E-state index in [1.54, 1.807) is 0 Å². The van der Waals surface area contributed by atoms with Crippen LogP contribution in [0.1, 0.15) is 25.7 Å². The van der Waals surface area contributed by atoms with Crippen LogP contribution in [0.5, 0.6) is 0 Å². The second kappa shape index (κ2) is 2.71. The normalized spacial score (nSPS) is 58.6. The van der Waals surface area contributed by atoms with Crippen LogP contribution in [0.15, 0.2) is 0 Å². The van der Waals surface area contributed by atoms with E-state index in [0.29, 0.717) is 17.9 Å². The summed E-state index contributed by atoms with van der Waals surface area (Å²) < 4.78 is 0. The van der Waals surface area contributed by atoms with Crippen molar-refractivity contribution in [1.29, 1.82) is 0 Å². The first kappa shape index (κ1) is 8.25. The number of hydrogen-bond acceptors (Lipinski definition) is 2. The molecule has 0 radical (unpaired) electrons. The molecule has 0 aromatic rings. The van der Waals surface area contributed by atoms with Crippen molar-refractivity contribution in [2.45, 2.75) is 37.8 Å². The third kappa shape index (κ3) is 1.02. The van der Waals surface area contributed by atoms with Crippen molar-refractivity contribution >= 4 is 0 Å². The maximum atomic E-state index is 10.1. The molecular weight excluding hydrogens is 162 g/mol. The van der Waals surface area contributed by atoms with E-state index in [2.05, 4.69) is 12.4 Å². The molecule has 0 amide bonds. The highest BCUT2D eigenvalue weighted by Crippen LogP contribution is 2.53. The Hall–Kier alpha value is -0.0800. The van der Waals surface area contributed by atoms with Gasteiger partial charge in [0, 0.05) is 12.0 Å². The minimum absolute atomic E-state index is 0.00486. The monoisotopic (exact) mass is 181 g/mol. The lowest BCUT2D eigenvalue weighted by atomic mass is 9.53. The molecular formula is C11H19NO. The molecule has 74 valence electrons. The van der Waals surface area contributed by atoms with Gasteiger partial charge in [-0.05, 0) is 50.5 Å². The SMILES string of the molecule is CN[C@H]1C2C[C@@H]3C[C@@H](C[C@H]1C3)[C@@H]2O. The summed E-state index contributed by atoms with van der Waals surface area (Å²) in [7, 11) is 2.06. The zero-order valence-corrected chi connectivity index (χ0v) is 8.24. The second-order valence-corrected chi connectivity index (χ2v) is 5.30. The second-order valence-electron chi connectivity index (χ2n) is 5.30. The van der Waals surface area contributed by atoms with Crippen LogP contribution in [0.4, 0.5) is 0 Å². The van der Waals surface area contributed by atoms with Crippen molar-refractivity contribution in [3.63, 3.8) is 0 Å². The van der Waals surface area contributed by atoms with Gasteiger partial charge < -0.3 is 10.4 Å². The molecule has 4 fully saturated rings. The van der Waals surface area contributed by atoms with E-state index in [9.17, 15) is 5.11 Å². The number of nitrogens with one attached hydrogen (secondary N) is 1. The van der Waals surface area contributed by atoms with Gasteiger partial charge in [-0.3, -0.25) is 0 Å². The molecule has 2 heteroatoms. The smallest absolute Gasteiger partial charge is 0.0611 e. The van der Waals surface area contributed by atoms with Gasteiger partial charge >= 0.3 is 0 Å². The average molecular weight is 181 g/mol. The van der Waals surface area contributed by atoms with E-state index in [4.69, 9.17) is 0 Å². The van der Waals surface area contributed by atoms with E-state index >= 15 is 0 Å². The fraction of sp³-hybridized carbons (Fsp3) is 1.00. The van der Waals surface area contributed by atoms with Crippen molar-refractivity contribution in [3.8, 4) is 0 Å². The first-order chi connectivity index (χ1) is 6.29. The van der Waals surface area contributed by atoms with Gasteiger partial charge in [-0.15, -0.1) is 0 Å². The molecule has 13 heavy (non-hydrogen) atoms. The number of aliphatic hydroxyl groups is 1. The van der Waals surface area contributed by atoms with Crippen LogP contribution in [-0.4, -0.2) is 24.3 Å². The maximum Gasteiger partial charge on any atom is 0.0611 e. The summed E-state index contributed by atoms with van der Waals surface area (Å²) in [4.78, 5) is 0. The fourth-order valence-corrected chi connectivity index (χ4v) is 4.33. The Kier molecular flexibility index (Phi) is 1.72. The molecule has 0 heterocycles. The van der Waals surface area contributed by atoms with E-state index in [0.717, 1.165) is 11.8 Å². The van der Waals surface area contributed by atoms with Crippen LogP contribution in [0.2, 0.25) is 0 Å². The zero-order chi connectivity index (χ0) is 9.00.